The molecule has 1 heterocycles. The highest BCUT2D eigenvalue weighted by Crippen LogP contribution is 2.31. The predicted molar refractivity (Wildman–Crippen MR) is 69.8 cm³/mol. The zero-order valence-corrected chi connectivity index (χ0v) is 11.3. The second kappa shape index (κ2) is 6.37. The van der Waals surface area contributed by atoms with Crippen LogP contribution in [-0.2, 0) is 14.3 Å². The van der Waals surface area contributed by atoms with E-state index in [9.17, 15) is 9.59 Å². The molecular formula is C14H23NO4. The monoisotopic (exact) mass is 269 g/mol. The summed E-state index contributed by atoms with van der Waals surface area (Å²) in [5.41, 5.74) is -0.554. The van der Waals surface area contributed by atoms with Crippen molar-refractivity contribution < 1.29 is 19.4 Å². The quantitative estimate of drug-likeness (QED) is 0.816. The molecule has 0 unspecified atom stereocenters. The SMILES string of the molecule is O=C(O)CC1(NC(=O)[C@@H]2CCCCO2)CCCCC1. The molecule has 108 valence electrons. The van der Waals surface area contributed by atoms with E-state index in [2.05, 4.69) is 5.32 Å². The standard InChI is InChI=1S/C14H23NO4/c16-12(17)10-14(7-3-1-4-8-14)15-13(18)11-6-2-5-9-19-11/h11H,1-10H2,(H,15,18)(H,16,17)/t11-/m0/s1. The van der Waals surface area contributed by atoms with Crippen molar-refractivity contribution in [3.05, 3.63) is 0 Å². The van der Waals surface area contributed by atoms with Gasteiger partial charge in [0.05, 0.1) is 12.0 Å². The predicted octanol–water partition coefficient (Wildman–Crippen LogP) is 1.85. The van der Waals surface area contributed by atoms with E-state index in [0.717, 1.165) is 51.4 Å². The summed E-state index contributed by atoms with van der Waals surface area (Å²) >= 11 is 0. The summed E-state index contributed by atoms with van der Waals surface area (Å²) in [5, 5.41) is 12.1. The third kappa shape index (κ3) is 3.93. The third-order valence-corrected chi connectivity index (χ3v) is 4.16. The molecule has 1 aliphatic heterocycles. The van der Waals surface area contributed by atoms with Gasteiger partial charge in [-0.15, -0.1) is 0 Å². The zero-order valence-electron chi connectivity index (χ0n) is 11.3. The molecule has 19 heavy (non-hydrogen) atoms. The normalized spacial score (nSPS) is 26.6. The van der Waals surface area contributed by atoms with Crippen LogP contribution < -0.4 is 5.32 Å². The minimum absolute atomic E-state index is 0.0193. The lowest BCUT2D eigenvalue weighted by molar-refractivity contribution is -0.142. The number of rotatable bonds is 4. The first-order valence-corrected chi connectivity index (χ1v) is 7.27. The van der Waals surface area contributed by atoms with Crippen molar-refractivity contribution in [1.82, 2.24) is 5.32 Å². The Kier molecular flexibility index (Phi) is 4.80. The number of hydrogen-bond acceptors (Lipinski definition) is 3. The van der Waals surface area contributed by atoms with Gasteiger partial charge in [-0.05, 0) is 32.1 Å². The molecule has 0 radical (unpaired) electrons. The Morgan fingerprint density at radius 1 is 1.16 bits per heavy atom. The van der Waals surface area contributed by atoms with Crippen molar-refractivity contribution >= 4 is 11.9 Å². The fourth-order valence-electron chi connectivity index (χ4n) is 3.15. The van der Waals surface area contributed by atoms with Crippen LogP contribution in [0.1, 0.15) is 57.8 Å². The third-order valence-electron chi connectivity index (χ3n) is 4.16. The van der Waals surface area contributed by atoms with Crippen LogP contribution in [0.4, 0.5) is 0 Å². The van der Waals surface area contributed by atoms with Gasteiger partial charge in [0.2, 0.25) is 5.91 Å². The Morgan fingerprint density at radius 3 is 2.47 bits per heavy atom. The van der Waals surface area contributed by atoms with Crippen molar-refractivity contribution in [2.45, 2.75) is 69.4 Å². The van der Waals surface area contributed by atoms with Gasteiger partial charge in [0, 0.05) is 6.61 Å². The summed E-state index contributed by atoms with van der Waals surface area (Å²) in [6.45, 7) is 0.629. The van der Waals surface area contributed by atoms with E-state index in [-0.39, 0.29) is 18.4 Å². The van der Waals surface area contributed by atoms with Crippen LogP contribution in [0.2, 0.25) is 0 Å². The maximum atomic E-state index is 12.2. The van der Waals surface area contributed by atoms with E-state index in [0.29, 0.717) is 6.61 Å². The van der Waals surface area contributed by atoms with Gasteiger partial charge < -0.3 is 15.2 Å². The number of carboxylic acids is 1. The van der Waals surface area contributed by atoms with Gasteiger partial charge in [-0.1, -0.05) is 19.3 Å². The molecule has 1 atom stereocenters. The largest absolute Gasteiger partial charge is 0.481 e. The van der Waals surface area contributed by atoms with Gasteiger partial charge in [-0.3, -0.25) is 9.59 Å². The van der Waals surface area contributed by atoms with Crippen LogP contribution in [0.15, 0.2) is 0 Å². The second-order valence-corrected chi connectivity index (χ2v) is 5.76. The number of nitrogens with one attached hydrogen (secondary N) is 1. The van der Waals surface area contributed by atoms with Crippen LogP contribution in [0.25, 0.3) is 0 Å². The highest BCUT2D eigenvalue weighted by Gasteiger charge is 2.37. The Bertz CT molecular complexity index is 330. The maximum absolute atomic E-state index is 12.2. The molecule has 0 spiro atoms. The number of hydrogen-bond donors (Lipinski definition) is 2. The summed E-state index contributed by atoms with van der Waals surface area (Å²) in [4.78, 5) is 23.3. The Labute approximate surface area is 113 Å². The number of carbonyl (C=O) groups is 2. The van der Waals surface area contributed by atoms with Crippen molar-refractivity contribution in [1.29, 1.82) is 0 Å². The molecule has 0 aromatic rings. The first kappa shape index (κ1) is 14.3. The van der Waals surface area contributed by atoms with Crippen LogP contribution in [0.5, 0.6) is 0 Å². The number of amides is 1. The van der Waals surface area contributed by atoms with Gasteiger partial charge in [-0.25, -0.2) is 0 Å². The van der Waals surface area contributed by atoms with Crippen molar-refractivity contribution in [3.8, 4) is 0 Å². The molecule has 0 bridgehead atoms. The average Bonchev–Trinajstić information content (AvgIpc) is 2.39. The molecule has 5 heteroatoms. The van der Waals surface area contributed by atoms with E-state index in [1.807, 2.05) is 0 Å². The highest BCUT2D eigenvalue weighted by atomic mass is 16.5. The van der Waals surface area contributed by atoms with Gasteiger partial charge in [0.25, 0.3) is 0 Å². The average molecular weight is 269 g/mol. The summed E-state index contributed by atoms with van der Waals surface area (Å²) in [5.74, 6) is -0.963. The van der Waals surface area contributed by atoms with Crippen molar-refractivity contribution in [2.75, 3.05) is 6.61 Å². The summed E-state index contributed by atoms with van der Waals surface area (Å²) in [6.07, 6.45) is 7.00. The molecular weight excluding hydrogens is 246 g/mol. The van der Waals surface area contributed by atoms with E-state index in [1.54, 1.807) is 0 Å². The second-order valence-electron chi connectivity index (χ2n) is 5.76. The molecule has 2 aliphatic rings. The fourth-order valence-corrected chi connectivity index (χ4v) is 3.15. The lowest BCUT2D eigenvalue weighted by Gasteiger charge is -2.38. The summed E-state index contributed by atoms with van der Waals surface area (Å²) < 4.78 is 5.47. The lowest BCUT2D eigenvalue weighted by atomic mass is 9.79. The molecule has 0 aromatic carbocycles. The molecule has 5 nitrogen and oxygen atoms in total. The van der Waals surface area contributed by atoms with Crippen LogP contribution >= 0.6 is 0 Å². The van der Waals surface area contributed by atoms with E-state index >= 15 is 0 Å². The molecule has 1 saturated heterocycles. The first-order chi connectivity index (χ1) is 9.11. The molecule has 2 fully saturated rings. The minimum Gasteiger partial charge on any atom is -0.481 e. The highest BCUT2D eigenvalue weighted by molar-refractivity contribution is 5.82. The van der Waals surface area contributed by atoms with Crippen LogP contribution in [0, 0.1) is 0 Å². The molecule has 2 rings (SSSR count). The van der Waals surface area contributed by atoms with Crippen LogP contribution in [0.3, 0.4) is 0 Å². The van der Waals surface area contributed by atoms with E-state index in [4.69, 9.17) is 9.84 Å². The minimum atomic E-state index is -0.841. The van der Waals surface area contributed by atoms with Gasteiger partial charge >= 0.3 is 5.97 Å². The maximum Gasteiger partial charge on any atom is 0.305 e. The van der Waals surface area contributed by atoms with Gasteiger partial charge in [-0.2, -0.15) is 0 Å². The summed E-state index contributed by atoms with van der Waals surface area (Å²) in [6, 6.07) is 0. The van der Waals surface area contributed by atoms with Crippen molar-refractivity contribution in [2.24, 2.45) is 0 Å². The Hall–Kier alpha value is -1.10. The fraction of sp³-hybridized carbons (Fsp3) is 0.857. The lowest BCUT2D eigenvalue weighted by Crippen LogP contribution is -2.54. The van der Waals surface area contributed by atoms with Gasteiger partial charge in [0.15, 0.2) is 0 Å². The smallest absolute Gasteiger partial charge is 0.305 e. The Balaban J connectivity index is 1.98. The topological polar surface area (TPSA) is 75.6 Å². The molecule has 2 N–H and O–H groups in total. The number of aliphatic carboxylic acids is 1. The molecule has 0 aromatic heterocycles. The number of carboxylic acid groups (broad SMARTS) is 1. The van der Waals surface area contributed by atoms with Crippen molar-refractivity contribution in [3.63, 3.8) is 0 Å². The van der Waals surface area contributed by atoms with E-state index in [1.165, 1.54) is 0 Å². The number of carbonyl (C=O) groups excluding carboxylic acids is 1. The molecule has 1 aliphatic carbocycles. The van der Waals surface area contributed by atoms with Gasteiger partial charge in [0.1, 0.15) is 6.10 Å². The van der Waals surface area contributed by atoms with Crippen LogP contribution in [-0.4, -0.2) is 35.2 Å². The number of ether oxygens (including phenoxy) is 1. The summed E-state index contributed by atoms with van der Waals surface area (Å²) in [7, 11) is 0. The zero-order chi connectivity index (χ0) is 13.7. The first-order valence-electron chi connectivity index (χ1n) is 7.27. The molecule has 1 amide bonds. The Morgan fingerprint density at radius 2 is 1.89 bits per heavy atom. The molecule has 1 saturated carbocycles. The van der Waals surface area contributed by atoms with E-state index < -0.39 is 11.5 Å².